The predicted octanol–water partition coefficient (Wildman–Crippen LogP) is 2.16. The molecule has 1 rings (SSSR count). The van der Waals surface area contributed by atoms with Gasteiger partial charge in [0.05, 0.1) is 13.7 Å². The van der Waals surface area contributed by atoms with Crippen molar-refractivity contribution in [1.82, 2.24) is 0 Å². The molecule has 1 aromatic carbocycles. The lowest BCUT2D eigenvalue weighted by Crippen LogP contribution is -2.17. The van der Waals surface area contributed by atoms with E-state index in [1.54, 1.807) is 19.1 Å². The normalized spacial score (nSPS) is 9.82. The van der Waals surface area contributed by atoms with Crippen LogP contribution in [-0.2, 0) is 9.53 Å². The van der Waals surface area contributed by atoms with Gasteiger partial charge in [0, 0.05) is 10.5 Å². The summed E-state index contributed by atoms with van der Waals surface area (Å²) in [6, 6.07) is 4.97. The first kappa shape index (κ1) is 13.6. The molecule has 0 N–H and O–H groups in total. The maximum atomic E-state index is 11.7. The number of hydrogen-bond donors (Lipinski definition) is 0. The summed E-state index contributed by atoms with van der Waals surface area (Å²) in [4.78, 5) is 23.9. The van der Waals surface area contributed by atoms with Crippen molar-refractivity contribution >= 4 is 23.5 Å². The third-order valence-corrected chi connectivity index (χ3v) is 2.78. The van der Waals surface area contributed by atoms with Crippen LogP contribution in [0.25, 0.3) is 0 Å². The Kier molecular flexibility index (Phi) is 5.03. The first-order valence-electron chi connectivity index (χ1n) is 5.06. The van der Waals surface area contributed by atoms with Gasteiger partial charge < -0.3 is 9.47 Å². The number of carbonyl (C=O) groups excluding carboxylic acids is 2. The minimum atomic E-state index is -0.840. The Morgan fingerprint density at radius 2 is 2.00 bits per heavy atom. The summed E-state index contributed by atoms with van der Waals surface area (Å²) >= 11 is 1.47. The second-order valence-corrected chi connectivity index (χ2v) is 4.03. The summed E-state index contributed by atoms with van der Waals surface area (Å²) in [6.45, 7) is 1.84. The van der Waals surface area contributed by atoms with E-state index in [9.17, 15) is 9.59 Å². The zero-order valence-corrected chi connectivity index (χ0v) is 10.8. The van der Waals surface area contributed by atoms with Gasteiger partial charge in [-0.2, -0.15) is 0 Å². The van der Waals surface area contributed by atoms with E-state index in [-0.39, 0.29) is 12.2 Å². The second-order valence-electron chi connectivity index (χ2n) is 3.15. The predicted molar refractivity (Wildman–Crippen MR) is 65.7 cm³/mol. The Hall–Kier alpha value is -1.49. The first-order valence-corrected chi connectivity index (χ1v) is 6.29. The van der Waals surface area contributed by atoms with Crippen LogP contribution in [0.3, 0.4) is 0 Å². The van der Waals surface area contributed by atoms with Gasteiger partial charge in [-0.1, -0.05) is 0 Å². The lowest BCUT2D eigenvalue weighted by Gasteiger charge is -2.06. The van der Waals surface area contributed by atoms with E-state index >= 15 is 0 Å². The Bertz CT molecular complexity index is 406. The molecule has 0 heterocycles. The summed E-state index contributed by atoms with van der Waals surface area (Å²) in [5.41, 5.74) is 0.284. The van der Waals surface area contributed by atoms with Crippen LogP contribution in [0.5, 0.6) is 5.75 Å². The monoisotopic (exact) mass is 254 g/mol. The number of ketones is 1. The highest BCUT2D eigenvalue weighted by Crippen LogP contribution is 2.24. The van der Waals surface area contributed by atoms with Crippen molar-refractivity contribution < 1.29 is 19.1 Å². The van der Waals surface area contributed by atoms with Gasteiger partial charge >= 0.3 is 5.97 Å². The van der Waals surface area contributed by atoms with Gasteiger partial charge in [0.15, 0.2) is 0 Å². The minimum Gasteiger partial charge on any atom is -0.497 e. The zero-order valence-electron chi connectivity index (χ0n) is 9.98. The minimum absolute atomic E-state index is 0.184. The van der Waals surface area contributed by atoms with E-state index in [4.69, 9.17) is 4.74 Å². The van der Waals surface area contributed by atoms with Crippen LogP contribution in [0.2, 0.25) is 0 Å². The van der Waals surface area contributed by atoms with Crippen LogP contribution < -0.4 is 4.74 Å². The van der Waals surface area contributed by atoms with Crippen LogP contribution in [0.4, 0.5) is 0 Å². The average Bonchev–Trinajstić information content (AvgIpc) is 2.37. The van der Waals surface area contributed by atoms with E-state index in [1.165, 1.54) is 24.9 Å². The third kappa shape index (κ3) is 3.49. The van der Waals surface area contributed by atoms with Gasteiger partial charge in [0.1, 0.15) is 5.75 Å². The maximum Gasteiger partial charge on any atom is 0.379 e. The highest BCUT2D eigenvalue weighted by molar-refractivity contribution is 7.98. The molecule has 0 saturated heterocycles. The summed E-state index contributed by atoms with van der Waals surface area (Å²) < 4.78 is 9.74. The van der Waals surface area contributed by atoms with E-state index in [1.807, 2.05) is 6.26 Å². The zero-order chi connectivity index (χ0) is 12.8. The van der Waals surface area contributed by atoms with Crippen LogP contribution >= 0.6 is 11.8 Å². The van der Waals surface area contributed by atoms with Gasteiger partial charge in [-0.15, -0.1) is 11.8 Å². The Morgan fingerprint density at radius 3 is 2.53 bits per heavy atom. The van der Waals surface area contributed by atoms with E-state index in [0.717, 1.165) is 4.90 Å². The number of Topliss-reactive ketones (excluding diaryl/α,β-unsaturated/α-hetero) is 1. The number of carbonyl (C=O) groups is 2. The van der Waals surface area contributed by atoms with Crippen LogP contribution in [-0.4, -0.2) is 31.7 Å². The molecule has 0 bridgehead atoms. The molecule has 0 unspecified atom stereocenters. The van der Waals surface area contributed by atoms with Crippen LogP contribution in [0, 0.1) is 0 Å². The highest BCUT2D eigenvalue weighted by Gasteiger charge is 2.18. The van der Waals surface area contributed by atoms with Gasteiger partial charge in [0.2, 0.25) is 0 Å². The molecule has 92 valence electrons. The van der Waals surface area contributed by atoms with E-state index in [0.29, 0.717) is 5.75 Å². The molecule has 5 heteroatoms. The number of esters is 1. The van der Waals surface area contributed by atoms with Gasteiger partial charge in [-0.25, -0.2) is 4.79 Å². The maximum absolute atomic E-state index is 11.7. The molecule has 0 amide bonds. The van der Waals surface area contributed by atoms with Crippen LogP contribution in [0.15, 0.2) is 23.1 Å². The molecule has 0 atom stereocenters. The molecular weight excluding hydrogens is 240 g/mol. The molecule has 17 heavy (non-hydrogen) atoms. The van der Waals surface area contributed by atoms with Crippen molar-refractivity contribution in [2.24, 2.45) is 0 Å². The van der Waals surface area contributed by atoms with Crippen molar-refractivity contribution in [2.45, 2.75) is 11.8 Å². The quantitative estimate of drug-likeness (QED) is 0.349. The van der Waals surface area contributed by atoms with Gasteiger partial charge in [0.25, 0.3) is 5.78 Å². The average molecular weight is 254 g/mol. The molecule has 4 nitrogen and oxygen atoms in total. The topological polar surface area (TPSA) is 52.6 Å². The van der Waals surface area contributed by atoms with Gasteiger partial charge in [-0.05, 0) is 31.4 Å². The van der Waals surface area contributed by atoms with Crippen molar-refractivity contribution in [3.8, 4) is 5.75 Å². The Morgan fingerprint density at radius 1 is 1.29 bits per heavy atom. The molecule has 0 aliphatic rings. The van der Waals surface area contributed by atoms with Crippen molar-refractivity contribution in [3.63, 3.8) is 0 Å². The van der Waals surface area contributed by atoms with Crippen molar-refractivity contribution in [3.05, 3.63) is 23.8 Å². The number of hydrogen-bond acceptors (Lipinski definition) is 5. The van der Waals surface area contributed by atoms with Crippen LogP contribution in [0.1, 0.15) is 17.3 Å². The van der Waals surface area contributed by atoms with Crippen molar-refractivity contribution in [1.29, 1.82) is 0 Å². The first-order chi connectivity index (χ1) is 8.12. The number of rotatable bonds is 5. The SMILES string of the molecule is CCOC(=O)C(=O)c1cc(OC)cc(SC)c1. The summed E-state index contributed by atoms with van der Waals surface area (Å²) in [7, 11) is 1.51. The van der Waals surface area contributed by atoms with E-state index in [2.05, 4.69) is 4.74 Å². The smallest absolute Gasteiger partial charge is 0.379 e. The molecular formula is C12H14O4S. The fraction of sp³-hybridized carbons (Fsp3) is 0.333. The summed E-state index contributed by atoms with van der Waals surface area (Å²) in [6.07, 6.45) is 1.88. The number of ether oxygens (including phenoxy) is 2. The Labute approximate surface area is 104 Å². The fourth-order valence-electron chi connectivity index (χ4n) is 1.25. The number of benzene rings is 1. The van der Waals surface area contributed by atoms with Gasteiger partial charge in [-0.3, -0.25) is 4.79 Å². The standard InChI is InChI=1S/C12H14O4S/c1-4-16-12(14)11(13)8-5-9(15-2)7-10(6-8)17-3/h5-7H,4H2,1-3H3. The molecule has 1 aromatic rings. The van der Waals surface area contributed by atoms with Crippen molar-refractivity contribution in [2.75, 3.05) is 20.0 Å². The summed E-state index contributed by atoms with van der Waals surface area (Å²) in [5.74, 6) is -0.946. The second kappa shape index (κ2) is 6.30. The fourth-order valence-corrected chi connectivity index (χ4v) is 1.73. The lowest BCUT2D eigenvalue weighted by molar-refractivity contribution is -0.137. The molecule has 0 spiro atoms. The summed E-state index contributed by atoms with van der Waals surface area (Å²) in [5, 5.41) is 0. The number of methoxy groups -OCH3 is 1. The molecule has 0 saturated carbocycles. The lowest BCUT2D eigenvalue weighted by atomic mass is 10.1. The number of thioether (sulfide) groups is 1. The molecule has 0 aliphatic heterocycles. The highest BCUT2D eigenvalue weighted by atomic mass is 32.2. The molecule has 0 aliphatic carbocycles. The molecule has 0 radical (unpaired) electrons. The largest absolute Gasteiger partial charge is 0.497 e. The Balaban J connectivity index is 3.04. The third-order valence-electron chi connectivity index (χ3n) is 2.07. The van der Waals surface area contributed by atoms with E-state index < -0.39 is 11.8 Å². The molecule has 0 fully saturated rings. The molecule has 0 aromatic heterocycles.